The molecular weight excluding hydrogens is 367 g/mol. The molecule has 6 nitrogen and oxygen atoms in total. The van der Waals surface area contributed by atoms with Crippen LogP contribution in [0.4, 0.5) is 16.2 Å². The van der Waals surface area contributed by atoms with Gasteiger partial charge in [0.15, 0.2) is 0 Å². The molecule has 2 aromatic heterocycles. The quantitative estimate of drug-likeness (QED) is 0.682. The summed E-state index contributed by atoms with van der Waals surface area (Å²) in [5.41, 5.74) is 9.54. The van der Waals surface area contributed by atoms with Crippen LogP contribution in [0.15, 0.2) is 48.8 Å². The van der Waals surface area contributed by atoms with E-state index in [1.165, 1.54) is 12.1 Å². The third-order valence-corrected chi connectivity index (χ3v) is 5.40. The Bertz CT molecular complexity index is 993. The Hall–Kier alpha value is -3.06. The molecule has 4 rings (SSSR count). The highest BCUT2D eigenvalue weighted by molar-refractivity contribution is 5.66. The lowest BCUT2D eigenvalue weighted by molar-refractivity contribution is 0.138. The first kappa shape index (κ1) is 19.3. The Morgan fingerprint density at radius 3 is 2.93 bits per heavy atom. The predicted molar refractivity (Wildman–Crippen MR) is 113 cm³/mol. The highest BCUT2D eigenvalue weighted by atomic mass is 19.1. The highest BCUT2D eigenvalue weighted by Crippen LogP contribution is 2.37. The van der Waals surface area contributed by atoms with Crippen molar-refractivity contribution in [1.82, 2.24) is 19.9 Å². The fraction of sp³-hybridized carbons (Fsp3) is 0.318. The standard InChI is InChI=1S/C22H25FN6/c1-25-21-16(7-5-10-26-21)14-29-11-3-2-9-19(29)20-18(13-27-22(24)28-20)15-6-4-8-17(23)12-15/h4-8,10,12-13,19H,2-3,9,11,14H2,1H3,(H,25,26)(H2,24,27,28)/t19-/m1/s1. The smallest absolute Gasteiger partial charge is 0.220 e. The number of anilines is 2. The summed E-state index contributed by atoms with van der Waals surface area (Å²) >= 11 is 0. The van der Waals surface area contributed by atoms with Crippen LogP contribution in [0, 0.1) is 5.82 Å². The molecule has 1 atom stereocenters. The van der Waals surface area contributed by atoms with Crippen molar-refractivity contribution in [2.75, 3.05) is 24.6 Å². The molecule has 0 bridgehead atoms. The summed E-state index contributed by atoms with van der Waals surface area (Å²) in [6.07, 6.45) is 6.70. The van der Waals surface area contributed by atoms with Crippen molar-refractivity contribution in [2.45, 2.75) is 31.8 Å². The summed E-state index contributed by atoms with van der Waals surface area (Å²) < 4.78 is 13.9. The first-order valence-electron chi connectivity index (χ1n) is 9.89. The summed E-state index contributed by atoms with van der Waals surface area (Å²) in [6.45, 7) is 1.70. The van der Waals surface area contributed by atoms with Crippen LogP contribution < -0.4 is 11.1 Å². The zero-order chi connectivity index (χ0) is 20.2. The summed E-state index contributed by atoms with van der Waals surface area (Å²) in [7, 11) is 1.88. The molecule has 1 saturated heterocycles. The fourth-order valence-corrected chi connectivity index (χ4v) is 4.04. The van der Waals surface area contributed by atoms with Crippen LogP contribution in [0.25, 0.3) is 11.1 Å². The van der Waals surface area contributed by atoms with E-state index in [1.807, 2.05) is 19.2 Å². The number of likely N-dealkylation sites (tertiary alicyclic amines) is 1. The zero-order valence-electron chi connectivity index (χ0n) is 16.5. The number of nitrogens with zero attached hydrogens (tertiary/aromatic N) is 4. The van der Waals surface area contributed by atoms with Crippen LogP contribution in [-0.2, 0) is 6.54 Å². The maximum absolute atomic E-state index is 13.9. The number of hydrogen-bond acceptors (Lipinski definition) is 6. The van der Waals surface area contributed by atoms with Gasteiger partial charge in [0.05, 0.1) is 11.7 Å². The number of benzene rings is 1. The lowest BCUT2D eigenvalue weighted by atomic mass is 9.93. The molecular formula is C22H25FN6. The normalized spacial score (nSPS) is 17.2. The number of nitrogens with two attached hydrogens (primary N) is 1. The van der Waals surface area contributed by atoms with Gasteiger partial charge in [0.25, 0.3) is 0 Å². The van der Waals surface area contributed by atoms with E-state index in [0.29, 0.717) is 0 Å². The van der Waals surface area contributed by atoms with Gasteiger partial charge < -0.3 is 11.1 Å². The lowest BCUT2D eigenvalue weighted by Crippen LogP contribution is -2.34. The predicted octanol–water partition coefficient (Wildman–Crippen LogP) is 4.03. The molecule has 150 valence electrons. The number of nitrogen functional groups attached to an aromatic ring is 1. The van der Waals surface area contributed by atoms with Crippen molar-refractivity contribution in [1.29, 1.82) is 0 Å². The average molecular weight is 392 g/mol. The van der Waals surface area contributed by atoms with Gasteiger partial charge in [-0.25, -0.2) is 19.3 Å². The molecule has 3 N–H and O–H groups in total. The number of halogens is 1. The number of aromatic nitrogens is 3. The first-order chi connectivity index (χ1) is 14.2. The molecule has 1 aliphatic rings. The molecule has 1 fully saturated rings. The summed E-state index contributed by atoms with van der Waals surface area (Å²) in [5.74, 6) is 0.840. The largest absolute Gasteiger partial charge is 0.373 e. The van der Waals surface area contributed by atoms with E-state index in [2.05, 4.69) is 31.2 Å². The van der Waals surface area contributed by atoms with E-state index in [9.17, 15) is 4.39 Å². The van der Waals surface area contributed by atoms with Crippen molar-refractivity contribution in [3.8, 4) is 11.1 Å². The van der Waals surface area contributed by atoms with Crippen LogP contribution in [0.2, 0.25) is 0 Å². The van der Waals surface area contributed by atoms with Crippen LogP contribution in [0.5, 0.6) is 0 Å². The minimum atomic E-state index is -0.278. The first-order valence-corrected chi connectivity index (χ1v) is 9.89. The Kier molecular flexibility index (Phi) is 5.67. The molecule has 1 aromatic carbocycles. The van der Waals surface area contributed by atoms with Crippen molar-refractivity contribution in [3.63, 3.8) is 0 Å². The van der Waals surface area contributed by atoms with Crippen molar-refractivity contribution in [2.24, 2.45) is 0 Å². The molecule has 0 amide bonds. The van der Waals surface area contributed by atoms with Gasteiger partial charge in [0.2, 0.25) is 5.95 Å². The van der Waals surface area contributed by atoms with E-state index in [1.54, 1.807) is 18.5 Å². The monoisotopic (exact) mass is 392 g/mol. The van der Waals surface area contributed by atoms with Crippen molar-refractivity contribution < 1.29 is 4.39 Å². The number of piperidine rings is 1. The van der Waals surface area contributed by atoms with Crippen LogP contribution >= 0.6 is 0 Å². The molecule has 3 heterocycles. The van der Waals surface area contributed by atoms with Crippen LogP contribution in [0.3, 0.4) is 0 Å². The maximum Gasteiger partial charge on any atom is 0.220 e. The molecule has 29 heavy (non-hydrogen) atoms. The molecule has 3 aromatic rings. The van der Waals surface area contributed by atoms with Crippen LogP contribution in [-0.4, -0.2) is 33.4 Å². The molecule has 0 unspecified atom stereocenters. The maximum atomic E-state index is 13.9. The van der Waals surface area contributed by atoms with Crippen molar-refractivity contribution in [3.05, 3.63) is 65.9 Å². The summed E-state index contributed by atoms with van der Waals surface area (Å²) in [6, 6.07) is 10.7. The van der Waals surface area contributed by atoms with Gasteiger partial charge in [0, 0.05) is 37.1 Å². The number of rotatable bonds is 5. The molecule has 0 spiro atoms. The van der Waals surface area contributed by atoms with E-state index in [-0.39, 0.29) is 17.8 Å². The molecule has 7 heteroatoms. The van der Waals surface area contributed by atoms with E-state index >= 15 is 0 Å². The third-order valence-electron chi connectivity index (χ3n) is 5.40. The molecule has 0 radical (unpaired) electrons. The third kappa shape index (κ3) is 4.19. The SMILES string of the molecule is CNc1ncccc1CN1CCCC[C@@H]1c1nc(N)ncc1-c1cccc(F)c1. The topological polar surface area (TPSA) is 80.0 Å². The summed E-state index contributed by atoms with van der Waals surface area (Å²) in [4.78, 5) is 15.6. The second kappa shape index (κ2) is 8.53. The Labute approximate surface area is 170 Å². The lowest BCUT2D eigenvalue weighted by Gasteiger charge is -2.36. The summed E-state index contributed by atoms with van der Waals surface area (Å²) in [5, 5.41) is 3.17. The van der Waals surface area contributed by atoms with Gasteiger partial charge in [-0.1, -0.05) is 24.6 Å². The van der Waals surface area contributed by atoms with Gasteiger partial charge in [0.1, 0.15) is 11.6 Å². The van der Waals surface area contributed by atoms with Gasteiger partial charge in [-0.2, -0.15) is 0 Å². The minimum absolute atomic E-state index is 0.0808. The van der Waals surface area contributed by atoms with Crippen LogP contribution in [0.1, 0.15) is 36.6 Å². The van der Waals surface area contributed by atoms with Gasteiger partial charge in [-0.15, -0.1) is 0 Å². The number of hydrogen-bond donors (Lipinski definition) is 2. The Morgan fingerprint density at radius 2 is 2.10 bits per heavy atom. The van der Waals surface area contributed by atoms with Gasteiger partial charge in [-0.05, 0) is 43.1 Å². The van der Waals surface area contributed by atoms with Gasteiger partial charge >= 0.3 is 0 Å². The second-order valence-corrected chi connectivity index (χ2v) is 7.28. The van der Waals surface area contributed by atoms with E-state index in [0.717, 1.165) is 60.6 Å². The zero-order valence-corrected chi connectivity index (χ0v) is 16.5. The highest BCUT2D eigenvalue weighted by Gasteiger charge is 2.28. The average Bonchev–Trinajstić information content (AvgIpc) is 2.74. The molecule has 0 saturated carbocycles. The molecule has 0 aliphatic carbocycles. The Morgan fingerprint density at radius 1 is 1.21 bits per heavy atom. The Balaban J connectivity index is 1.73. The molecule has 1 aliphatic heterocycles. The fourth-order valence-electron chi connectivity index (χ4n) is 4.04. The number of nitrogens with one attached hydrogen (secondary N) is 1. The number of pyridine rings is 1. The van der Waals surface area contributed by atoms with Crippen molar-refractivity contribution >= 4 is 11.8 Å². The van der Waals surface area contributed by atoms with Gasteiger partial charge in [-0.3, -0.25) is 4.90 Å². The van der Waals surface area contributed by atoms with E-state index < -0.39 is 0 Å². The minimum Gasteiger partial charge on any atom is -0.373 e. The second-order valence-electron chi connectivity index (χ2n) is 7.28. The van der Waals surface area contributed by atoms with E-state index in [4.69, 9.17) is 5.73 Å².